The molecule has 0 fully saturated rings. The topological polar surface area (TPSA) is 97.8 Å². The number of fused-ring (bicyclic) bond motifs is 1. The van der Waals surface area contributed by atoms with Crippen LogP contribution in [-0.4, -0.2) is 53.7 Å². The van der Waals surface area contributed by atoms with E-state index in [2.05, 4.69) is 10.3 Å². The number of aromatic nitrogens is 1. The van der Waals surface area contributed by atoms with Gasteiger partial charge in [0.1, 0.15) is 12.1 Å². The van der Waals surface area contributed by atoms with Gasteiger partial charge in [-0.1, -0.05) is 11.6 Å². The van der Waals surface area contributed by atoms with E-state index in [0.717, 1.165) is 5.56 Å². The van der Waals surface area contributed by atoms with Crippen molar-refractivity contribution >= 4 is 29.6 Å². The molecule has 1 atom stereocenters. The van der Waals surface area contributed by atoms with E-state index in [0.29, 0.717) is 23.7 Å². The van der Waals surface area contributed by atoms with Gasteiger partial charge in [0.15, 0.2) is 0 Å². The van der Waals surface area contributed by atoms with Crippen molar-refractivity contribution in [3.8, 4) is 0 Å². The average Bonchev–Trinajstić information content (AvgIpc) is 2.58. The van der Waals surface area contributed by atoms with Crippen molar-refractivity contribution in [3.63, 3.8) is 0 Å². The lowest BCUT2D eigenvalue weighted by atomic mass is 9.95. The second-order valence-electron chi connectivity index (χ2n) is 7.15. The summed E-state index contributed by atoms with van der Waals surface area (Å²) in [5, 5.41) is 2.99. The van der Waals surface area contributed by atoms with E-state index in [-0.39, 0.29) is 18.9 Å². The van der Waals surface area contributed by atoms with Gasteiger partial charge >= 0.3 is 12.1 Å². The Labute approximate surface area is 163 Å². The van der Waals surface area contributed by atoms with Gasteiger partial charge in [-0.2, -0.15) is 0 Å². The quantitative estimate of drug-likeness (QED) is 0.782. The number of carbonyl (C=O) groups is 3. The zero-order valence-corrected chi connectivity index (χ0v) is 16.6. The average molecular weight is 398 g/mol. The van der Waals surface area contributed by atoms with E-state index >= 15 is 0 Å². The number of ether oxygens (including phenoxy) is 2. The minimum absolute atomic E-state index is 0.0466. The highest BCUT2D eigenvalue weighted by Crippen LogP contribution is 2.34. The van der Waals surface area contributed by atoms with Crippen LogP contribution in [0.5, 0.6) is 0 Å². The summed E-state index contributed by atoms with van der Waals surface area (Å²) in [6.45, 7) is 5.31. The first kappa shape index (κ1) is 21.0. The zero-order chi connectivity index (χ0) is 20.2. The highest BCUT2D eigenvalue weighted by Gasteiger charge is 2.35. The van der Waals surface area contributed by atoms with Crippen LogP contribution in [0.25, 0.3) is 0 Å². The summed E-state index contributed by atoms with van der Waals surface area (Å²) in [7, 11) is 1.29. The molecule has 9 heteroatoms. The third-order valence-corrected chi connectivity index (χ3v) is 4.37. The predicted molar refractivity (Wildman–Crippen MR) is 98.3 cm³/mol. The minimum atomic E-state index is -0.682. The van der Waals surface area contributed by atoms with Crippen LogP contribution >= 0.6 is 11.6 Å². The van der Waals surface area contributed by atoms with E-state index in [1.54, 1.807) is 33.0 Å². The fraction of sp³-hybridized carbons (Fsp3) is 0.556. The van der Waals surface area contributed by atoms with E-state index < -0.39 is 23.7 Å². The van der Waals surface area contributed by atoms with Gasteiger partial charge in [0.25, 0.3) is 0 Å². The Kier molecular flexibility index (Phi) is 6.64. The molecule has 0 radical (unpaired) electrons. The van der Waals surface area contributed by atoms with Gasteiger partial charge in [0, 0.05) is 17.8 Å². The molecule has 0 saturated carbocycles. The highest BCUT2D eigenvalue weighted by atomic mass is 35.5. The summed E-state index contributed by atoms with van der Waals surface area (Å²) >= 11 is 6.24. The highest BCUT2D eigenvalue weighted by molar-refractivity contribution is 6.31. The number of nitrogens with zero attached hydrogens (tertiary/aromatic N) is 2. The van der Waals surface area contributed by atoms with Crippen molar-refractivity contribution in [1.82, 2.24) is 15.2 Å². The molecule has 0 aliphatic carbocycles. The Balaban J connectivity index is 2.15. The maximum Gasteiger partial charge on any atom is 0.408 e. The molecule has 0 bridgehead atoms. The molecule has 2 amide bonds. The van der Waals surface area contributed by atoms with Crippen molar-refractivity contribution in [1.29, 1.82) is 0 Å². The van der Waals surface area contributed by atoms with Crippen LogP contribution in [0.15, 0.2) is 12.3 Å². The summed E-state index contributed by atoms with van der Waals surface area (Å²) in [6.07, 6.45) is 1.32. The van der Waals surface area contributed by atoms with E-state index in [4.69, 9.17) is 21.1 Å². The molecule has 1 aromatic heterocycles. The lowest BCUT2D eigenvalue weighted by Crippen LogP contribution is -2.46. The molecule has 2 rings (SSSR count). The Morgan fingerprint density at radius 3 is 2.70 bits per heavy atom. The maximum atomic E-state index is 12.7. The summed E-state index contributed by atoms with van der Waals surface area (Å²) in [6, 6.07) is 1.07. The molecule has 1 N–H and O–H groups in total. The number of amides is 2. The van der Waals surface area contributed by atoms with Crippen LogP contribution in [0.4, 0.5) is 4.79 Å². The number of halogens is 1. The van der Waals surface area contributed by atoms with Gasteiger partial charge in [0.05, 0.1) is 25.3 Å². The SMILES string of the molecule is COC(=O)CC1c2nccc(Cl)c2CCN1C(=O)CNC(=O)OC(C)(C)C. The second-order valence-corrected chi connectivity index (χ2v) is 7.55. The summed E-state index contributed by atoms with van der Waals surface area (Å²) < 4.78 is 9.88. The van der Waals surface area contributed by atoms with Gasteiger partial charge < -0.3 is 19.7 Å². The largest absolute Gasteiger partial charge is 0.469 e. The van der Waals surface area contributed by atoms with Gasteiger partial charge in [-0.25, -0.2) is 4.79 Å². The van der Waals surface area contributed by atoms with Crippen LogP contribution < -0.4 is 5.32 Å². The molecule has 148 valence electrons. The van der Waals surface area contributed by atoms with Crippen LogP contribution in [-0.2, 0) is 25.5 Å². The van der Waals surface area contributed by atoms with Crippen LogP contribution in [0.3, 0.4) is 0 Å². The van der Waals surface area contributed by atoms with Crippen LogP contribution in [0.2, 0.25) is 5.02 Å². The normalized spacial score (nSPS) is 16.3. The Morgan fingerprint density at radius 1 is 1.37 bits per heavy atom. The molecule has 1 aromatic rings. The molecule has 1 aliphatic rings. The molecular formula is C18H24ClN3O5. The Bertz CT molecular complexity index is 732. The van der Waals surface area contributed by atoms with Crippen LogP contribution in [0.1, 0.15) is 44.5 Å². The zero-order valence-electron chi connectivity index (χ0n) is 15.9. The number of pyridine rings is 1. The predicted octanol–water partition coefficient (Wildman–Crippen LogP) is 2.25. The molecule has 27 heavy (non-hydrogen) atoms. The maximum absolute atomic E-state index is 12.7. The summed E-state index contributed by atoms with van der Waals surface area (Å²) in [4.78, 5) is 42.2. The van der Waals surface area contributed by atoms with Gasteiger partial charge in [-0.05, 0) is 38.8 Å². The monoisotopic (exact) mass is 397 g/mol. The number of carbonyl (C=O) groups excluding carboxylic acids is 3. The van der Waals surface area contributed by atoms with Crippen molar-refractivity contribution < 1.29 is 23.9 Å². The fourth-order valence-corrected chi connectivity index (χ4v) is 3.11. The van der Waals surface area contributed by atoms with Crippen molar-refractivity contribution in [2.24, 2.45) is 0 Å². The molecule has 0 spiro atoms. The number of nitrogens with one attached hydrogen (secondary N) is 1. The molecule has 8 nitrogen and oxygen atoms in total. The van der Waals surface area contributed by atoms with Crippen molar-refractivity contribution in [2.75, 3.05) is 20.2 Å². The first-order chi connectivity index (χ1) is 12.6. The molecule has 2 heterocycles. The molecular weight excluding hydrogens is 374 g/mol. The third kappa shape index (κ3) is 5.56. The number of hydrogen-bond acceptors (Lipinski definition) is 6. The van der Waals surface area contributed by atoms with E-state index in [1.165, 1.54) is 12.0 Å². The first-order valence-electron chi connectivity index (χ1n) is 8.58. The minimum Gasteiger partial charge on any atom is -0.469 e. The standard InChI is InChI=1S/C18H24ClN3O5/c1-18(2,3)27-17(25)21-10-14(23)22-8-6-11-12(19)5-7-20-16(11)13(22)9-15(24)26-4/h5,7,13H,6,8-10H2,1-4H3,(H,21,25). The second kappa shape index (κ2) is 8.56. The number of rotatable bonds is 4. The fourth-order valence-electron chi connectivity index (χ4n) is 2.86. The summed E-state index contributed by atoms with van der Waals surface area (Å²) in [5.41, 5.74) is 0.729. The van der Waals surface area contributed by atoms with Crippen LogP contribution in [0, 0.1) is 0 Å². The van der Waals surface area contributed by atoms with Crippen molar-refractivity contribution in [3.05, 3.63) is 28.5 Å². The van der Waals surface area contributed by atoms with Crippen molar-refractivity contribution in [2.45, 2.75) is 45.3 Å². The molecule has 1 unspecified atom stereocenters. The first-order valence-corrected chi connectivity index (χ1v) is 8.96. The third-order valence-electron chi connectivity index (χ3n) is 4.02. The number of esters is 1. The lowest BCUT2D eigenvalue weighted by Gasteiger charge is -2.36. The molecule has 0 saturated heterocycles. The lowest BCUT2D eigenvalue weighted by molar-refractivity contribution is -0.144. The smallest absolute Gasteiger partial charge is 0.408 e. The Morgan fingerprint density at radius 2 is 2.07 bits per heavy atom. The van der Waals surface area contributed by atoms with E-state index in [9.17, 15) is 14.4 Å². The Hall–Kier alpha value is -2.35. The number of alkyl carbamates (subject to hydrolysis) is 1. The molecule has 1 aliphatic heterocycles. The number of hydrogen-bond donors (Lipinski definition) is 1. The van der Waals surface area contributed by atoms with Gasteiger partial charge in [-0.3, -0.25) is 14.6 Å². The van der Waals surface area contributed by atoms with Gasteiger partial charge in [-0.15, -0.1) is 0 Å². The van der Waals surface area contributed by atoms with E-state index in [1.807, 2.05) is 0 Å². The summed E-state index contributed by atoms with van der Waals surface area (Å²) in [5.74, 6) is -0.810. The number of methoxy groups -OCH3 is 1. The molecule has 0 aromatic carbocycles. The van der Waals surface area contributed by atoms with Gasteiger partial charge in [0.2, 0.25) is 5.91 Å².